The van der Waals surface area contributed by atoms with Crippen molar-refractivity contribution in [2.45, 2.75) is 6.54 Å². The van der Waals surface area contributed by atoms with Crippen LogP contribution in [0.15, 0.2) is 59.5 Å². The first kappa shape index (κ1) is 12.2. The Balaban J connectivity index is 1.75. The van der Waals surface area contributed by atoms with E-state index in [1.54, 1.807) is 12.1 Å². The van der Waals surface area contributed by atoms with Gasteiger partial charge in [0.15, 0.2) is 5.76 Å². The zero-order valence-corrected chi connectivity index (χ0v) is 10.6. The topological polar surface area (TPSA) is 73.0 Å². The van der Waals surface area contributed by atoms with Crippen molar-refractivity contribution in [3.05, 3.63) is 66.4 Å². The molecule has 0 saturated heterocycles. The van der Waals surface area contributed by atoms with E-state index in [0.29, 0.717) is 12.5 Å². The molecule has 6 heteroatoms. The molecule has 6 nitrogen and oxygen atoms in total. The first-order chi connectivity index (χ1) is 9.84. The predicted molar refractivity (Wildman–Crippen MR) is 72.2 cm³/mol. The Bertz CT molecular complexity index is 689. The van der Waals surface area contributed by atoms with Gasteiger partial charge in [-0.2, -0.15) is 9.67 Å². The van der Waals surface area contributed by atoms with Gasteiger partial charge in [-0.15, -0.1) is 5.10 Å². The maximum atomic E-state index is 12.1. The fraction of sp³-hybridized carbons (Fsp3) is 0.0714. The highest BCUT2D eigenvalue weighted by molar-refractivity contribution is 5.94. The van der Waals surface area contributed by atoms with Gasteiger partial charge in [0.25, 0.3) is 0 Å². The molecule has 0 radical (unpaired) electrons. The molecule has 0 atom stereocenters. The highest BCUT2D eigenvalue weighted by atomic mass is 16.3. The second-order valence-electron chi connectivity index (χ2n) is 4.12. The number of nitrogens with zero attached hydrogens (tertiary/aromatic N) is 3. The number of aromatic nitrogens is 3. The minimum absolute atomic E-state index is 0.221. The Labute approximate surface area is 115 Å². The average molecular weight is 268 g/mol. The third-order valence-corrected chi connectivity index (χ3v) is 2.77. The summed E-state index contributed by atoms with van der Waals surface area (Å²) in [6, 6.07) is 13.1. The van der Waals surface area contributed by atoms with Crippen LogP contribution in [-0.4, -0.2) is 20.7 Å². The molecule has 1 aromatic carbocycles. The van der Waals surface area contributed by atoms with E-state index in [2.05, 4.69) is 15.4 Å². The van der Waals surface area contributed by atoms with Crippen LogP contribution in [-0.2, 0) is 6.54 Å². The highest BCUT2D eigenvalue weighted by Gasteiger charge is 2.16. The smallest absolute Gasteiger partial charge is 0.317 e. The molecule has 0 aliphatic rings. The second kappa shape index (κ2) is 5.40. The third kappa shape index (κ3) is 2.44. The Kier molecular flexibility index (Phi) is 3.28. The number of hydrogen-bond acceptors (Lipinski definition) is 5. The maximum absolute atomic E-state index is 12.1. The summed E-state index contributed by atoms with van der Waals surface area (Å²) in [4.78, 5) is 16.2. The van der Waals surface area contributed by atoms with Crippen LogP contribution in [0.25, 0.3) is 0 Å². The lowest BCUT2D eigenvalue weighted by atomic mass is 10.2. The van der Waals surface area contributed by atoms with E-state index in [4.69, 9.17) is 4.42 Å². The zero-order chi connectivity index (χ0) is 13.8. The Morgan fingerprint density at radius 3 is 2.80 bits per heavy atom. The summed E-state index contributed by atoms with van der Waals surface area (Å²) in [5, 5.41) is 7.00. The van der Waals surface area contributed by atoms with Crippen molar-refractivity contribution >= 4 is 11.9 Å². The molecule has 0 bridgehead atoms. The molecule has 0 unspecified atom stereocenters. The molecular weight excluding hydrogens is 256 g/mol. The lowest BCUT2D eigenvalue weighted by molar-refractivity contribution is 0.0919. The summed E-state index contributed by atoms with van der Waals surface area (Å²) in [6.45, 7) is 0.560. The molecule has 0 spiro atoms. The second-order valence-corrected chi connectivity index (χ2v) is 4.12. The SMILES string of the molecule is O=C(c1ccco1)n1ncnc1NCc1ccccc1. The number of carbonyl (C=O) groups is 1. The lowest BCUT2D eigenvalue weighted by Gasteiger charge is -2.06. The van der Waals surface area contributed by atoms with Gasteiger partial charge in [0.2, 0.25) is 5.95 Å². The van der Waals surface area contributed by atoms with E-state index >= 15 is 0 Å². The third-order valence-electron chi connectivity index (χ3n) is 2.77. The zero-order valence-electron chi connectivity index (χ0n) is 10.6. The molecule has 2 heterocycles. The van der Waals surface area contributed by atoms with E-state index in [9.17, 15) is 4.79 Å². The van der Waals surface area contributed by atoms with E-state index in [0.717, 1.165) is 5.56 Å². The van der Waals surface area contributed by atoms with Crippen LogP contribution in [0.1, 0.15) is 16.1 Å². The first-order valence-electron chi connectivity index (χ1n) is 6.10. The number of carbonyl (C=O) groups excluding carboxylic acids is 1. The molecule has 0 aliphatic carbocycles. The van der Waals surface area contributed by atoms with Crippen molar-refractivity contribution in [3.8, 4) is 0 Å². The largest absolute Gasteiger partial charge is 0.459 e. The standard InChI is InChI=1S/C14H12N4O2/c19-13(12-7-4-8-20-12)18-14(16-10-17-18)15-9-11-5-2-1-3-6-11/h1-8,10H,9H2,(H,15,16,17). The maximum Gasteiger partial charge on any atom is 0.317 e. The van der Waals surface area contributed by atoms with Gasteiger partial charge in [0.05, 0.1) is 6.26 Å². The minimum Gasteiger partial charge on any atom is -0.459 e. The Morgan fingerprint density at radius 2 is 2.05 bits per heavy atom. The van der Waals surface area contributed by atoms with Crippen molar-refractivity contribution in [2.75, 3.05) is 5.32 Å². The quantitative estimate of drug-likeness (QED) is 0.785. The highest BCUT2D eigenvalue weighted by Crippen LogP contribution is 2.09. The molecule has 0 saturated carbocycles. The number of hydrogen-bond donors (Lipinski definition) is 1. The van der Waals surface area contributed by atoms with Crippen LogP contribution in [0.5, 0.6) is 0 Å². The average Bonchev–Trinajstić information content (AvgIpc) is 3.17. The normalized spacial score (nSPS) is 10.4. The summed E-state index contributed by atoms with van der Waals surface area (Å²) in [5.41, 5.74) is 1.09. The number of benzene rings is 1. The van der Waals surface area contributed by atoms with Gasteiger partial charge in [-0.3, -0.25) is 4.79 Å². The van der Waals surface area contributed by atoms with Gasteiger partial charge < -0.3 is 9.73 Å². The lowest BCUT2D eigenvalue weighted by Crippen LogP contribution is -2.17. The summed E-state index contributed by atoms with van der Waals surface area (Å²) in [6.07, 6.45) is 2.77. The Hall–Kier alpha value is -2.89. The number of rotatable bonds is 4. The molecule has 1 N–H and O–H groups in total. The van der Waals surface area contributed by atoms with Crippen molar-refractivity contribution in [1.82, 2.24) is 14.8 Å². The van der Waals surface area contributed by atoms with E-state index < -0.39 is 0 Å². The first-order valence-corrected chi connectivity index (χ1v) is 6.10. The monoisotopic (exact) mass is 268 g/mol. The van der Waals surface area contributed by atoms with Gasteiger partial charge in [-0.1, -0.05) is 30.3 Å². The van der Waals surface area contributed by atoms with Gasteiger partial charge in [0.1, 0.15) is 6.33 Å². The van der Waals surface area contributed by atoms with Crippen LogP contribution in [0.2, 0.25) is 0 Å². The summed E-state index contributed by atoms with van der Waals surface area (Å²) < 4.78 is 6.25. The van der Waals surface area contributed by atoms with E-state index in [1.165, 1.54) is 17.3 Å². The molecular formula is C14H12N4O2. The fourth-order valence-corrected chi connectivity index (χ4v) is 1.79. The molecule has 0 fully saturated rings. The van der Waals surface area contributed by atoms with E-state index in [1.807, 2.05) is 30.3 Å². The van der Waals surface area contributed by atoms with Crippen molar-refractivity contribution in [1.29, 1.82) is 0 Å². The van der Waals surface area contributed by atoms with Gasteiger partial charge in [-0.25, -0.2) is 0 Å². The van der Waals surface area contributed by atoms with Gasteiger partial charge in [-0.05, 0) is 17.7 Å². The molecule has 0 amide bonds. The molecule has 2 aromatic heterocycles. The fourth-order valence-electron chi connectivity index (χ4n) is 1.79. The van der Waals surface area contributed by atoms with Crippen LogP contribution >= 0.6 is 0 Å². The predicted octanol–water partition coefficient (Wildman–Crippen LogP) is 2.17. The van der Waals surface area contributed by atoms with Crippen molar-refractivity contribution in [2.24, 2.45) is 0 Å². The molecule has 3 aromatic rings. The summed E-state index contributed by atoms with van der Waals surface area (Å²) in [7, 11) is 0. The molecule has 0 aliphatic heterocycles. The van der Waals surface area contributed by atoms with Gasteiger partial charge in [0, 0.05) is 6.54 Å². The number of anilines is 1. The number of furan rings is 1. The van der Waals surface area contributed by atoms with E-state index in [-0.39, 0.29) is 11.7 Å². The van der Waals surface area contributed by atoms with Crippen LogP contribution in [0.3, 0.4) is 0 Å². The molecule has 100 valence electrons. The van der Waals surface area contributed by atoms with Crippen LogP contribution in [0.4, 0.5) is 5.95 Å². The Morgan fingerprint density at radius 1 is 1.20 bits per heavy atom. The van der Waals surface area contributed by atoms with Crippen molar-refractivity contribution in [3.63, 3.8) is 0 Å². The molecule has 20 heavy (non-hydrogen) atoms. The van der Waals surface area contributed by atoms with Crippen LogP contribution in [0, 0.1) is 0 Å². The number of nitrogens with one attached hydrogen (secondary N) is 1. The summed E-state index contributed by atoms with van der Waals surface area (Å²) in [5.74, 6) is 0.247. The van der Waals surface area contributed by atoms with Gasteiger partial charge >= 0.3 is 5.91 Å². The summed E-state index contributed by atoms with van der Waals surface area (Å²) >= 11 is 0. The minimum atomic E-state index is -0.358. The van der Waals surface area contributed by atoms with Crippen LogP contribution < -0.4 is 5.32 Å². The van der Waals surface area contributed by atoms with Crippen molar-refractivity contribution < 1.29 is 9.21 Å². The molecule has 3 rings (SSSR count).